The van der Waals surface area contributed by atoms with E-state index in [2.05, 4.69) is 26.0 Å². The molecule has 3 amide bonds. The molecule has 10 nitrogen and oxygen atoms in total. The molecule has 3 aromatic rings. The minimum Gasteiger partial charge on any atom is -0.367 e. The normalized spacial score (nSPS) is 17.8. The van der Waals surface area contributed by atoms with Crippen LogP contribution in [0.3, 0.4) is 0 Å². The Balaban J connectivity index is 1.67. The third-order valence-corrected chi connectivity index (χ3v) is 6.12. The summed E-state index contributed by atoms with van der Waals surface area (Å²) in [5.41, 5.74) is 2.29. The van der Waals surface area contributed by atoms with Gasteiger partial charge in [-0.3, -0.25) is 10.1 Å². The summed E-state index contributed by atoms with van der Waals surface area (Å²) in [5, 5.41) is 12.4. The molecule has 0 unspecified atom stereocenters. The molecule has 2 aromatic heterocycles. The number of benzene rings is 1. The van der Waals surface area contributed by atoms with Crippen molar-refractivity contribution in [3.05, 3.63) is 47.8 Å². The highest BCUT2D eigenvalue weighted by molar-refractivity contribution is 7.90. The quantitative estimate of drug-likeness (QED) is 0.406. The van der Waals surface area contributed by atoms with Crippen LogP contribution < -0.4 is 16.0 Å². The van der Waals surface area contributed by atoms with Crippen LogP contribution in [0.2, 0.25) is 0 Å². The van der Waals surface area contributed by atoms with Crippen molar-refractivity contribution in [3.8, 4) is 11.3 Å². The second-order valence-corrected chi connectivity index (χ2v) is 9.56. The fourth-order valence-electron chi connectivity index (χ4n) is 3.29. The number of nitrogens with zero attached hydrogens (tertiary/aromatic N) is 3. The van der Waals surface area contributed by atoms with Crippen LogP contribution in [0.15, 0.2) is 47.1 Å². The van der Waals surface area contributed by atoms with Crippen LogP contribution in [0.4, 0.5) is 10.6 Å². The Bertz CT molecular complexity index is 1390. The predicted molar refractivity (Wildman–Crippen MR) is 113 cm³/mol. The summed E-state index contributed by atoms with van der Waals surface area (Å²) in [6.45, 7) is 0. The molecule has 0 atom stereocenters. The summed E-state index contributed by atoms with van der Waals surface area (Å²) < 4.78 is 25.6. The molecule has 11 heteroatoms. The first-order valence-electron chi connectivity index (χ1n) is 9.58. The molecule has 2 fully saturated rings. The Morgan fingerprint density at radius 2 is 2.00 bits per heavy atom. The number of amides is 3. The van der Waals surface area contributed by atoms with Gasteiger partial charge in [-0.05, 0) is 31.1 Å². The predicted octanol–water partition coefficient (Wildman–Crippen LogP) is 1.55. The molecular weight excluding hydrogens is 420 g/mol. The maximum Gasteiger partial charge on any atom is 0.326 e. The lowest BCUT2D eigenvalue weighted by molar-refractivity contribution is -0.115. The van der Waals surface area contributed by atoms with Crippen molar-refractivity contribution in [2.24, 2.45) is 0 Å². The number of fused-ring (bicyclic) bond motifs is 1. The summed E-state index contributed by atoms with van der Waals surface area (Å²) in [4.78, 5) is 28.2. The van der Waals surface area contributed by atoms with Gasteiger partial charge in [0.1, 0.15) is 11.5 Å². The molecule has 0 spiro atoms. The molecule has 1 aliphatic heterocycles. The van der Waals surface area contributed by atoms with Crippen molar-refractivity contribution in [2.45, 2.75) is 23.8 Å². The summed E-state index contributed by atoms with van der Waals surface area (Å²) in [5.74, 6) is 0.175. The van der Waals surface area contributed by atoms with E-state index in [0.717, 1.165) is 19.1 Å². The van der Waals surface area contributed by atoms with Gasteiger partial charge in [-0.1, -0.05) is 12.1 Å². The largest absolute Gasteiger partial charge is 0.367 e. The number of hydrogen-bond donors (Lipinski definition) is 3. The maximum atomic E-state index is 12.0. The number of urea groups is 1. The zero-order valence-electron chi connectivity index (χ0n) is 16.4. The lowest BCUT2D eigenvalue weighted by Crippen LogP contribution is -2.22. The maximum absolute atomic E-state index is 12.0. The summed E-state index contributed by atoms with van der Waals surface area (Å²) in [6.07, 6.45) is 6.32. The van der Waals surface area contributed by atoms with Crippen molar-refractivity contribution in [1.82, 2.24) is 25.2 Å². The Hall–Kier alpha value is -3.73. The smallest absolute Gasteiger partial charge is 0.326 e. The molecule has 31 heavy (non-hydrogen) atoms. The average Bonchev–Trinajstić information content (AvgIpc) is 3.35. The standard InChI is InChI=1S/C20H18N6O4S/c1-31(29,30)14-4-2-3-11(7-14)15-9-17(22-13-5-6-13)26-18(23-15)12(10-21-26)8-16-19(27)25-20(28)24-16/h2-4,7-10,13,22H,5-6H2,1H3,(H2,24,25,27,28). The first kappa shape index (κ1) is 19.2. The van der Waals surface area contributed by atoms with E-state index in [0.29, 0.717) is 34.3 Å². The van der Waals surface area contributed by atoms with Gasteiger partial charge in [0.05, 0.1) is 16.8 Å². The third kappa shape index (κ3) is 3.75. The molecule has 3 heterocycles. The van der Waals surface area contributed by atoms with E-state index >= 15 is 0 Å². The molecule has 1 saturated heterocycles. The number of sulfone groups is 1. The van der Waals surface area contributed by atoms with Crippen LogP contribution in [0.1, 0.15) is 18.4 Å². The zero-order chi connectivity index (χ0) is 21.8. The summed E-state index contributed by atoms with van der Waals surface area (Å²) in [7, 11) is -3.37. The second-order valence-electron chi connectivity index (χ2n) is 7.55. The number of rotatable bonds is 5. The van der Waals surface area contributed by atoms with Gasteiger partial charge in [0.25, 0.3) is 5.91 Å². The van der Waals surface area contributed by atoms with E-state index in [4.69, 9.17) is 0 Å². The van der Waals surface area contributed by atoms with Crippen LogP contribution in [0, 0.1) is 0 Å². The summed E-state index contributed by atoms with van der Waals surface area (Å²) in [6, 6.07) is 8.14. The first-order valence-corrected chi connectivity index (χ1v) is 11.5. The fraction of sp³-hybridized carbons (Fsp3) is 0.200. The fourth-order valence-corrected chi connectivity index (χ4v) is 3.96. The Kier molecular flexibility index (Phi) is 4.29. The van der Waals surface area contributed by atoms with Gasteiger partial charge in [-0.15, -0.1) is 0 Å². The second kappa shape index (κ2) is 6.91. The monoisotopic (exact) mass is 438 g/mol. The highest BCUT2D eigenvalue weighted by Gasteiger charge is 2.25. The number of nitrogens with one attached hydrogen (secondary N) is 3. The Labute approximate surface area is 177 Å². The van der Waals surface area contributed by atoms with Crippen LogP contribution in [-0.2, 0) is 14.6 Å². The van der Waals surface area contributed by atoms with Gasteiger partial charge in [0.2, 0.25) is 0 Å². The molecule has 0 radical (unpaired) electrons. The van der Waals surface area contributed by atoms with E-state index < -0.39 is 21.8 Å². The minimum absolute atomic E-state index is 0.0999. The van der Waals surface area contributed by atoms with E-state index in [9.17, 15) is 18.0 Å². The lowest BCUT2D eigenvalue weighted by Gasteiger charge is -2.11. The molecule has 1 aliphatic carbocycles. The average molecular weight is 438 g/mol. The number of carbonyl (C=O) groups is 2. The van der Waals surface area contributed by atoms with Crippen LogP contribution in [0.25, 0.3) is 23.0 Å². The van der Waals surface area contributed by atoms with Crippen molar-refractivity contribution >= 4 is 39.3 Å². The van der Waals surface area contributed by atoms with Crippen LogP contribution >= 0.6 is 0 Å². The number of aromatic nitrogens is 3. The van der Waals surface area contributed by atoms with E-state index in [-0.39, 0.29) is 10.6 Å². The van der Waals surface area contributed by atoms with Crippen molar-refractivity contribution in [2.75, 3.05) is 11.6 Å². The third-order valence-electron chi connectivity index (χ3n) is 5.01. The van der Waals surface area contributed by atoms with E-state index in [1.165, 1.54) is 12.1 Å². The lowest BCUT2D eigenvalue weighted by atomic mass is 10.1. The molecule has 5 rings (SSSR count). The summed E-state index contributed by atoms with van der Waals surface area (Å²) >= 11 is 0. The number of imide groups is 1. The first-order chi connectivity index (χ1) is 14.8. The van der Waals surface area contributed by atoms with Crippen molar-refractivity contribution in [1.29, 1.82) is 0 Å². The van der Waals surface area contributed by atoms with Gasteiger partial charge < -0.3 is 10.6 Å². The molecule has 158 valence electrons. The Morgan fingerprint density at radius 1 is 1.19 bits per heavy atom. The van der Waals surface area contributed by atoms with Gasteiger partial charge in [0, 0.05) is 29.5 Å². The van der Waals surface area contributed by atoms with E-state index in [1.54, 1.807) is 28.9 Å². The van der Waals surface area contributed by atoms with E-state index in [1.807, 2.05) is 6.07 Å². The topological polar surface area (TPSA) is 135 Å². The minimum atomic E-state index is -3.37. The highest BCUT2D eigenvalue weighted by Crippen LogP contribution is 2.30. The van der Waals surface area contributed by atoms with Gasteiger partial charge in [-0.25, -0.2) is 18.2 Å². The van der Waals surface area contributed by atoms with Crippen molar-refractivity contribution < 1.29 is 18.0 Å². The molecule has 1 saturated carbocycles. The molecule has 0 bridgehead atoms. The van der Waals surface area contributed by atoms with Crippen molar-refractivity contribution in [3.63, 3.8) is 0 Å². The zero-order valence-corrected chi connectivity index (χ0v) is 17.2. The molecular formula is C20H18N6O4S. The Morgan fingerprint density at radius 3 is 2.68 bits per heavy atom. The molecule has 1 aromatic carbocycles. The van der Waals surface area contributed by atoms with Gasteiger partial charge >= 0.3 is 6.03 Å². The molecule has 2 aliphatic rings. The SMILES string of the molecule is CS(=O)(=O)c1cccc(-c2cc(NC3CC3)n3ncc(C=C4NC(=O)NC4=O)c3n2)c1. The molecule has 3 N–H and O–H groups in total. The number of anilines is 1. The van der Waals surface area contributed by atoms with Gasteiger partial charge in [-0.2, -0.15) is 9.61 Å². The van der Waals surface area contributed by atoms with Crippen LogP contribution in [0.5, 0.6) is 0 Å². The number of hydrogen-bond acceptors (Lipinski definition) is 7. The number of carbonyl (C=O) groups excluding carboxylic acids is 2. The van der Waals surface area contributed by atoms with Gasteiger partial charge in [0.15, 0.2) is 15.5 Å². The van der Waals surface area contributed by atoms with Crippen LogP contribution in [-0.4, -0.2) is 47.3 Å². The highest BCUT2D eigenvalue weighted by atomic mass is 32.2.